The van der Waals surface area contributed by atoms with Gasteiger partial charge in [0, 0.05) is 17.8 Å². The van der Waals surface area contributed by atoms with Crippen LogP contribution < -0.4 is 10.6 Å². The molecule has 0 saturated carbocycles. The second kappa shape index (κ2) is 9.53. The maximum absolute atomic E-state index is 12.3. The number of benzene rings is 1. The third-order valence-electron chi connectivity index (χ3n) is 3.40. The van der Waals surface area contributed by atoms with Gasteiger partial charge in [-0.25, -0.2) is 0 Å². The fraction of sp³-hybridized carbons (Fsp3) is 0.412. The summed E-state index contributed by atoms with van der Waals surface area (Å²) in [5.41, 5.74) is 1.19. The van der Waals surface area contributed by atoms with E-state index in [0.717, 1.165) is 28.9 Å². The van der Waals surface area contributed by atoms with Crippen LogP contribution in [0.2, 0.25) is 0 Å². The Morgan fingerprint density at radius 1 is 1.32 bits per heavy atom. The molecule has 8 heteroatoms. The third-order valence-corrected chi connectivity index (χ3v) is 5.46. The number of carbonyl (C=O) groups excluding carboxylic acids is 2. The number of nitrogens with one attached hydrogen (secondary N) is 2. The average Bonchev–Trinajstić information content (AvgIpc) is 3.02. The van der Waals surface area contributed by atoms with Crippen LogP contribution in [-0.4, -0.2) is 33.7 Å². The van der Waals surface area contributed by atoms with Gasteiger partial charge in [-0.1, -0.05) is 48.6 Å². The first-order valence-corrected chi connectivity index (χ1v) is 9.85. The Kier molecular flexibility index (Phi) is 7.39. The number of unbranched alkanes of at least 4 members (excludes halogenated alkanes) is 1. The summed E-state index contributed by atoms with van der Waals surface area (Å²) in [6.45, 7) is 6.33. The van der Waals surface area contributed by atoms with E-state index < -0.39 is 0 Å². The maximum atomic E-state index is 12.3. The Balaban J connectivity index is 1.90. The highest BCUT2D eigenvalue weighted by molar-refractivity contribution is 8.02. The summed E-state index contributed by atoms with van der Waals surface area (Å²) in [5.74, 6) is -0.170. The zero-order valence-electron chi connectivity index (χ0n) is 14.5. The molecule has 2 N–H and O–H groups in total. The summed E-state index contributed by atoms with van der Waals surface area (Å²) in [7, 11) is 0. The van der Waals surface area contributed by atoms with Crippen LogP contribution in [0.5, 0.6) is 0 Å². The second-order valence-corrected chi connectivity index (χ2v) is 8.11. The number of carbonyl (C=O) groups is 2. The molecule has 0 saturated heterocycles. The predicted molar refractivity (Wildman–Crippen MR) is 104 cm³/mol. The molecule has 6 nitrogen and oxygen atoms in total. The average molecular weight is 379 g/mol. The van der Waals surface area contributed by atoms with E-state index in [2.05, 4.69) is 27.8 Å². The van der Waals surface area contributed by atoms with Crippen LogP contribution in [0.4, 0.5) is 10.8 Å². The van der Waals surface area contributed by atoms with Crippen LogP contribution in [-0.2, 0) is 4.79 Å². The first kappa shape index (κ1) is 19.4. The number of amides is 1. The fourth-order valence-corrected chi connectivity index (χ4v) is 3.89. The molecule has 25 heavy (non-hydrogen) atoms. The number of hydrogen-bond donors (Lipinski definition) is 2. The Morgan fingerprint density at radius 3 is 2.84 bits per heavy atom. The molecule has 0 aliphatic heterocycles. The van der Waals surface area contributed by atoms with Gasteiger partial charge < -0.3 is 10.6 Å². The van der Waals surface area contributed by atoms with E-state index in [9.17, 15) is 9.59 Å². The lowest BCUT2D eigenvalue weighted by Gasteiger charge is -2.10. The van der Waals surface area contributed by atoms with Crippen molar-refractivity contribution in [2.24, 2.45) is 0 Å². The number of anilines is 2. The molecular weight excluding hydrogens is 356 g/mol. The summed E-state index contributed by atoms with van der Waals surface area (Å²) in [4.78, 5) is 23.8. The van der Waals surface area contributed by atoms with Gasteiger partial charge in [0.15, 0.2) is 10.1 Å². The highest BCUT2D eigenvalue weighted by Gasteiger charge is 2.17. The molecule has 1 heterocycles. The molecule has 0 bridgehead atoms. The summed E-state index contributed by atoms with van der Waals surface area (Å²) >= 11 is 2.81. The monoisotopic (exact) mass is 378 g/mol. The van der Waals surface area contributed by atoms with E-state index in [4.69, 9.17) is 0 Å². The lowest BCUT2D eigenvalue weighted by atomic mass is 10.1. The van der Waals surface area contributed by atoms with E-state index >= 15 is 0 Å². The summed E-state index contributed by atoms with van der Waals surface area (Å²) in [6.07, 6.45) is 2.20. The minimum absolute atomic E-state index is 0.0320. The second-order valence-electron chi connectivity index (χ2n) is 5.54. The first-order valence-electron chi connectivity index (χ1n) is 8.15. The molecule has 0 radical (unpaired) electrons. The van der Waals surface area contributed by atoms with Crippen molar-refractivity contribution in [1.29, 1.82) is 0 Å². The summed E-state index contributed by atoms with van der Waals surface area (Å²) < 4.78 is 0.749. The van der Waals surface area contributed by atoms with Gasteiger partial charge in [-0.3, -0.25) is 9.59 Å². The Hall–Kier alpha value is -1.93. The first-order chi connectivity index (χ1) is 12.0. The lowest BCUT2D eigenvalue weighted by Crippen LogP contribution is -2.22. The van der Waals surface area contributed by atoms with Crippen molar-refractivity contribution >= 4 is 45.6 Å². The van der Waals surface area contributed by atoms with Crippen molar-refractivity contribution in [3.8, 4) is 0 Å². The molecule has 0 aliphatic rings. The summed E-state index contributed by atoms with van der Waals surface area (Å²) in [6, 6.07) is 6.92. The van der Waals surface area contributed by atoms with Gasteiger partial charge >= 0.3 is 0 Å². The van der Waals surface area contributed by atoms with Gasteiger partial charge in [0.1, 0.15) is 0 Å². The maximum Gasteiger partial charge on any atom is 0.237 e. The van der Waals surface area contributed by atoms with Crippen molar-refractivity contribution in [1.82, 2.24) is 10.2 Å². The van der Waals surface area contributed by atoms with Crippen LogP contribution >= 0.6 is 23.1 Å². The number of ketones is 1. The summed E-state index contributed by atoms with van der Waals surface area (Å²) in [5, 5.41) is 14.7. The zero-order chi connectivity index (χ0) is 18.2. The topological polar surface area (TPSA) is 84.0 Å². The smallest absolute Gasteiger partial charge is 0.237 e. The van der Waals surface area contributed by atoms with Gasteiger partial charge in [-0.2, -0.15) is 0 Å². The number of hydrogen-bond acceptors (Lipinski definition) is 7. The van der Waals surface area contributed by atoms with Gasteiger partial charge in [-0.15, -0.1) is 10.2 Å². The van der Waals surface area contributed by atoms with Crippen LogP contribution in [0, 0.1) is 0 Å². The third kappa shape index (κ3) is 6.13. The van der Waals surface area contributed by atoms with E-state index in [0.29, 0.717) is 11.3 Å². The van der Waals surface area contributed by atoms with Crippen molar-refractivity contribution in [2.75, 3.05) is 17.2 Å². The van der Waals surface area contributed by atoms with Crippen LogP contribution in [0.1, 0.15) is 44.0 Å². The van der Waals surface area contributed by atoms with Gasteiger partial charge in [-0.05, 0) is 32.4 Å². The molecular formula is C17H22N4O2S2. The van der Waals surface area contributed by atoms with E-state index in [1.807, 2.05) is 6.92 Å². The fourth-order valence-electron chi connectivity index (χ4n) is 1.97. The minimum Gasteiger partial charge on any atom is -0.360 e. The van der Waals surface area contributed by atoms with Gasteiger partial charge in [0.25, 0.3) is 0 Å². The van der Waals surface area contributed by atoms with E-state index in [1.165, 1.54) is 30.0 Å². The largest absolute Gasteiger partial charge is 0.360 e. The normalized spacial score (nSPS) is 11.8. The zero-order valence-corrected chi connectivity index (χ0v) is 16.2. The van der Waals surface area contributed by atoms with Crippen LogP contribution in [0.25, 0.3) is 0 Å². The highest BCUT2D eigenvalue weighted by atomic mass is 32.2. The van der Waals surface area contributed by atoms with Crippen molar-refractivity contribution in [3.63, 3.8) is 0 Å². The van der Waals surface area contributed by atoms with Gasteiger partial charge in [0.05, 0.1) is 5.25 Å². The Morgan fingerprint density at radius 2 is 2.12 bits per heavy atom. The number of rotatable bonds is 9. The highest BCUT2D eigenvalue weighted by Crippen LogP contribution is 2.29. The van der Waals surface area contributed by atoms with E-state index in [-0.39, 0.29) is 16.9 Å². The molecule has 1 aromatic heterocycles. The SMILES string of the molecule is CCCCNc1nnc(SC(C)C(=O)Nc2cccc(C(C)=O)c2)s1. The predicted octanol–water partition coefficient (Wildman–Crippen LogP) is 4.07. The Labute approximate surface area is 155 Å². The molecule has 2 aromatic rings. The van der Waals surface area contributed by atoms with Crippen molar-refractivity contribution < 1.29 is 9.59 Å². The molecule has 0 spiro atoms. The molecule has 0 fully saturated rings. The lowest BCUT2D eigenvalue weighted by molar-refractivity contribution is -0.115. The number of aromatic nitrogens is 2. The quantitative estimate of drug-likeness (QED) is 0.389. The molecule has 0 aliphatic carbocycles. The van der Waals surface area contributed by atoms with E-state index in [1.54, 1.807) is 24.3 Å². The van der Waals surface area contributed by atoms with Crippen molar-refractivity contribution in [3.05, 3.63) is 29.8 Å². The molecule has 1 amide bonds. The molecule has 1 aromatic carbocycles. The Bertz CT molecular complexity index is 733. The number of nitrogens with zero attached hydrogens (tertiary/aromatic N) is 2. The van der Waals surface area contributed by atoms with Crippen LogP contribution in [0.3, 0.4) is 0 Å². The molecule has 2 rings (SSSR count). The standard InChI is InChI=1S/C17H22N4O2S2/c1-4-5-9-18-16-20-21-17(25-16)24-12(3)15(23)19-14-8-6-7-13(10-14)11(2)22/h6-8,10,12H,4-5,9H2,1-3H3,(H,18,20)(H,19,23). The minimum atomic E-state index is -0.322. The molecule has 1 unspecified atom stereocenters. The number of thioether (sulfide) groups is 1. The van der Waals surface area contributed by atoms with Gasteiger partial charge in [0.2, 0.25) is 11.0 Å². The molecule has 134 valence electrons. The van der Waals surface area contributed by atoms with Crippen LogP contribution in [0.15, 0.2) is 28.6 Å². The van der Waals surface area contributed by atoms with Crippen molar-refractivity contribution in [2.45, 2.75) is 43.2 Å². The number of Topliss-reactive ketones (excluding diaryl/α,β-unsaturated/α-hetero) is 1. The molecule has 1 atom stereocenters.